The molecule has 0 fully saturated rings. The van der Waals surface area contributed by atoms with Crippen LogP contribution in [0.25, 0.3) is 10.9 Å². The maximum Gasteiger partial charge on any atom is 0.323 e. The Morgan fingerprint density at radius 3 is 2.63 bits per heavy atom. The lowest BCUT2D eigenvalue weighted by Gasteiger charge is -2.20. The first-order valence-electron chi connectivity index (χ1n) is 6.30. The van der Waals surface area contributed by atoms with Gasteiger partial charge in [-0.05, 0) is 24.5 Å². The summed E-state index contributed by atoms with van der Waals surface area (Å²) in [5.74, 6) is -0.526. The minimum atomic E-state index is -0.512. The molecule has 1 aromatic carbocycles. The molecule has 1 aliphatic carbocycles. The third-order valence-corrected chi connectivity index (χ3v) is 3.89. The number of hydrogen-bond donors (Lipinski definition) is 2. The van der Waals surface area contributed by atoms with Crippen LogP contribution in [0, 0.1) is 5.92 Å². The van der Waals surface area contributed by atoms with Gasteiger partial charge in [-0.15, -0.1) is 0 Å². The molecule has 0 radical (unpaired) electrons. The predicted octanol–water partition coefficient (Wildman–Crippen LogP) is 1.16. The van der Waals surface area contributed by atoms with Gasteiger partial charge < -0.3 is 11.5 Å². The molecule has 0 aliphatic heterocycles. The highest BCUT2D eigenvalue weighted by atomic mass is 16.2. The third kappa shape index (κ3) is 1.69. The Labute approximate surface area is 110 Å². The van der Waals surface area contributed by atoms with Crippen LogP contribution in [0.5, 0.6) is 0 Å². The van der Waals surface area contributed by atoms with Gasteiger partial charge >= 0.3 is 6.03 Å². The van der Waals surface area contributed by atoms with Gasteiger partial charge in [-0.3, -0.25) is 9.36 Å². The molecule has 98 valence electrons. The molecule has 1 atom stereocenters. The fraction of sp³-hybridized carbons (Fsp3) is 0.286. The molecule has 19 heavy (non-hydrogen) atoms. The number of fused-ring (bicyclic) bond motifs is 3. The minimum absolute atomic E-state index is 0.213. The van der Waals surface area contributed by atoms with Crippen LogP contribution in [0.2, 0.25) is 0 Å². The second kappa shape index (κ2) is 4.12. The second-order valence-electron chi connectivity index (χ2n) is 4.96. The van der Waals surface area contributed by atoms with E-state index in [0.29, 0.717) is 6.42 Å². The van der Waals surface area contributed by atoms with Crippen LogP contribution in [-0.4, -0.2) is 16.5 Å². The van der Waals surface area contributed by atoms with Gasteiger partial charge in [0.25, 0.3) is 0 Å². The second-order valence-corrected chi connectivity index (χ2v) is 4.96. The Kier molecular flexibility index (Phi) is 2.55. The van der Waals surface area contributed by atoms with Gasteiger partial charge in [0.2, 0.25) is 5.91 Å². The average Bonchev–Trinajstić information content (AvgIpc) is 2.72. The maximum atomic E-state index is 11.7. The van der Waals surface area contributed by atoms with E-state index in [1.54, 1.807) is 0 Å². The van der Waals surface area contributed by atoms with Gasteiger partial charge in [0.1, 0.15) is 0 Å². The number of aryl methyl sites for hydroxylation is 1. The van der Waals surface area contributed by atoms with Crippen molar-refractivity contribution in [3.63, 3.8) is 0 Å². The van der Waals surface area contributed by atoms with E-state index in [2.05, 4.69) is 0 Å². The molecule has 2 amide bonds. The van der Waals surface area contributed by atoms with Crippen LogP contribution in [0.15, 0.2) is 24.3 Å². The summed E-state index contributed by atoms with van der Waals surface area (Å²) in [6.45, 7) is 0. The van der Waals surface area contributed by atoms with Gasteiger partial charge in [0.15, 0.2) is 0 Å². The number of nitrogens with two attached hydrogens (primary N) is 2. The monoisotopic (exact) mass is 257 g/mol. The van der Waals surface area contributed by atoms with Gasteiger partial charge in [0.05, 0.1) is 5.52 Å². The molecule has 5 heteroatoms. The van der Waals surface area contributed by atoms with Crippen LogP contribution in [0.4, 0.5) is 4.79 Å². The van der Waals surface area contributed by atoms with Gasteiger partial charge in [-0.1, -0.05) is 18.2 Å². The van der Waals surface area contributed by atoms with Gasteiger partial charge in [-0.25, -0.2) is 4.79 Å². The number of rotatable bonds is 1. The van der Waals surface area contributed by atoms with Gasteiger partial charge in [0, 0.05) is 23.4 Å². The Bertz CT molecular complexity index is 687. The number of carbonyl (C=O) groups is 2. The van der Waals surface area contributed by atoms with Crippen LogP contribution in [-0.2, 0) is 17.6 Å². The Hall–Kier alpha value is -2.30. The van der Waals surface area contributed by atoms with E-state index in [0.717, 1.165) is 35.0 Å². The number of hydrogen-bond acceptors (Lipinski definition) is 2. The Morgan fingerprint density at radius 1 is 1.21 bits per heavy atom. The molecule has 0 spiro atoms. The highest BCUT2D eigenvalue weighted by Crippen LogP contribution is 2.33. The van der Waals surface area contributed by atoms with E-state index in [9.17, 15) is 9.59 Å². The summed E-state index contributed by atoms with van der Waals surface area (Å²) in [4.78, 5) is 23.1. The fourth-order valence-corrected chi connectivity index (χ4v) is 3.00. The SMILES string of the molecule is NC(=O)C1CCc2c(n(C(N)=O)c3ccccc23)C1. The highest BCUT2D eigenvalue weighted by Gasteiger charge is 2.29. The summed E-state index contributed by atoms with van der Waals surface area (Å²) in [7, 11) is 0. The van der Waals surface area contributed by atoms with Crippen molar-refractivity contribution >= 4 is 22.8 Å². The largest absolute Gasteiger partial charge is 0.369 e. The molecule has 1 unspecified atom stereocenters. The van der Waals surface area contributed by atoms with E-state index in [1.807, 2.05) is 24.3 Å². The lowest BCUT2D eigenvalue weighted by molar-refractivity contribution is -0.122. The summed E-state index contributed by atoms with van der Waals surface area (Å²) in [5, 5.41) is 1.04. The summed E-state index contributed by atoms with van der Waals surface area (Å²) < 4.78 is 1.51. The van der Waals surface area contributed by atoms with E-state index >= 15 is 0 Å². The van der Waals surface area contributed by atoms with Crippen molar-refractivity contribution in [2.24, 2.45) is 17.4 Å². The van der Waals surface area contributed by atoms with Crippen molar-refractivity contribution in [1.82, 2.24) is 4.57 Å². The quantitative estimate of drug-likeness (QED) is 0.802. The van der Waals surface area contributed by atoms with Crippen LogP contribution < -0.4 is 11.5 Å². The van der Waals surface area contributed by atoms with Crippen molar-refractivity contribution in [1.29, 1.82) is 0 Å². The molecule has 1 aromatic heterocycles. The molecule has 2 aromatic rings. The standard InChI is InChI=1S/C14H15N3O2/c15-13(18)8-5-6-10-9-3-1-2-4-11(9)17(14(16)19)12(10)7-8/h1-4,8H,5-7H2,(H2,15,18)(H2,16,19). The minimum Gasteiger partial charge on any atom is -0.369 e. The van der Waals surface area contributed by atoms with Crippen molar-refractivity contribution < 1.29 is 9.59 Å². The zero-order chi connectivity index (χ0) is 13.6. The van der Waals surface area contributed by atoms with E-state index in [4.69, 9.17) is 11.5 Å². The van der Waals surface area contributed by atoms with E-state index in [1.165, 1.54) is 4.57 Å². The molecule has 0 bridgehead atoms. The molecular weight excluding hydrogens is 242 g/mol. The number of amides is 2. The number of aromatic nitrogens is 1. The first-order chi connectivity index (χ1) is 9.09. The zero-order valence-electron chi connectivity index (χ0n) is 10.4. The lowest BCUT2D eigenvalue weighted by Crippen LogP contribution is -2.31. The molecule has 5 nitrogen and oxygen atoms in total. The lowest BCUT2D eigenvalue weighted by atomic mass is 9.86. The first-order valence-corrected chi connectivity index (χ1v) is 6.30. The summed E-state index contributed by atoms with van der Waals surface area (Å²) in [6.07, 6.45) is 1.97. The van der Waals surface area contributed by atoms with Crippen molar-refractivity contribution in [2.75, 3.05) is 0 Å². The number of benzene rings is 1. The van der Waals surface area contributed by atoms with Crippen LogP contribution in [0.1, 0.15) is 17.7 Å². The van der Waals surface area contributed by atoms with E-state index in [-0.39, 0.29) is 11.8 Å². The molecule has 0 saturated heterocycles. The van der Waals surface area contributed by atoms with Crippen molar-refractivity contribution in [3.05, 3.63) is 35.5 Å². The summed E-state index contributed by atoms with van der Waals surface area (Å²) in [6, 6.07) is 7.16. The predicted molar refractivity (Wildman–Crippen MR) is 71.6 cm³/mol. The van der Waals surface area contributed by atoms with E-state index < -0.39 is 6.03 Å². The molecular formula is C14H15N3O2. The molecule has 0 saturated carbocycles. The summed E-state index contributed by atoms with van der Waals surface area (Å²) >= 11 is 0. The third-order valence-electron chi connectivity index (χ3n) is 3.89. The molecule has 1 aliphatic rings. The van der Waals surface area contributed by atoms with Crippen molar-refractivity contribution in [3.8, 4) is 0 Å². The number of primary amides is 2. The number of para-hydroxylation sites is 1. The maximum absolute atomic E-state index is 11.7. The number of carbonyl (C=O) groups excluding carboxylic acids is 2. The molecule has 4 N–H and O–H groups in total. The smallest absolute Gasteiger partial charge is 0.323 e. The highest BCUT2D eigenvalue weighted by molar-refractivity contribution is 5.95. The van der Waals surface area contributed by atoms with Crippen LogP contribution >= 0.6 is 0 Å². The first kappa shape index (κ1) is 11.8. The summed E-state index contributed by atoms with van der Waals surface area (Å²) in [5.41, 5.74) is 13.6. The van der Waals surface area contributed by atoms with Crippen LogP contribution in [0.3, 0.4) is 0 Å². The topological polar surface area (TPSA) is 91.1 Å². The fourth-order valence-electron chi connectivity index (χ4n) is 3.00. The zero-order valence-corrected chi connectivity index (χ0v) is 10.4. The normalized spacial score (nSPS) is 18.2. The number of nitrogens with zero attached hydrogens (tertiary/aromatic N) is 1. The average molecular weight is 257 g/mol. The van der Waals surface area contributed by atoms with Crippen molar-refractivity contribution in [2.45, 2.75) is 19.3 Å². The van der Waals surface area contributed by atoms with Gasteiger partial charge in [-0.2, -0.15) is 0 Å². The molecule has 3 rings (SSSR count). The Morgan fingerprint density at radius 2 is 1.95 bits per heavy atom. The Balaban J connectivity index is 2.25. The molecule has 1 heterocycles.